The van der Waals surface area contributed by atoms with Crippen molar-refractivity contribution in [3.8, 4) is 5.75 Å². The Hall–Kier alpha value is -4.10. The zero-order valence-corrected chi connectivity index (χ0v) is 22.1. The Balaban J connectivity index is 1.17. The van der Waals surface area contributed by atoms with Crippen molar-refractivity contribution >= 4 is 51.6 Å². The van der Waals surface area contributed by atoms with Crippen LogP contribution in [0.15, 0.2) is 36.7 Å². The summed E-state index contributed by atoms with van der Waals surface area (Å²) in [5, 5.41) is 15.2. The van der Waals surface area contributed by atoms with Crippen molar-refractivity contribution in [2.24, 2.45) is 0 Å². The van der Waals surface area contributed by atoms with Gasteiger partial charge in [0.1, 0.15) is 18.0 Å². The molecule has 2 aromatic carbocycles. The van der Waals surface area contributed by atoms with E-state index in [-0.39, 0.29) is 41.4 Å². The largest absolute Gasteiger partial charge is 0.487 e. The third-order valence-corrected chi connectivity index (χ3v) is 7.10. The molecule has 40 heavy (non-hydrogen) atoms. The maximum Gasteiger partial charge on any atom is 0.311 e. The number of piperazine rings is 1. The summed E-state index contributed by atoms with van der Waals surface area (Å²) in [5.41, 5.74) is 0.656. The first kappa shape index (κ1) is 27.5. The van der Waals surface area contributed by atoms with Crippen LogP contribution in [0.25, 0.3) is 10.9 Å². The summed E-state index contributed by atoms with van der Waals surface area (Å²) in [6.07, 6.45) is 1.98. The maximum atomic E-state index is 13.5. The summed E-state index contributed by atoms with van der Waals surface area (Å²) in [7, 11) is 0. The van der Waals surface area contributed by atoms with Gasteiger partial charge in [-0.05, 0) is 24.6 Å². The van der Waals surface area contributed by atoms with E-state index in [1.54, 1.807) is 4.90 Å². The van der Waals surface area contributed by atoms with Crippen molar-refractivity contribution in [1.82, 2.24) is 19.8 Å². The predicted octanol–water partition coefficient (Wildman–Crippen LogP) is 3.69. The van der Waals surface area contributed by atoms with Crippen LogP contribution >= 0.6 is 11.6 Å². The van der Waals surface area contributed by atoms with E-state index in [4.69, 9.17) is 21.1 Å². The van der Waals surface area contributed by atoms with Gasteiger partial charge < -0.3 is 19.7 Å². The third-order valence-electron chi connectivity index (χ3n) is 6.82. The van der Waals surface area contributed by atoms with Crippen LogP contribution in [0.4, 0.5) is 21.6 Å². The fourth-order valence-corrected chi connectivity index (χ4v) is 4.89. The average Bonchev–Trinajstić information content (AvgIpc) is 3.39. The van der Waals surface area contributed by atoms with Crippen LogP contribution in [0.2, 0.25) is 5.02 Å². The molecule has 0 aliphatic carbocycles. The van der Waals surface area contributed by atoms with Crippen molar-refractivity contribution < 1.29 is 28.4 Å². The van der Waals surface area contributed by atoms with Gasteiger partial charge in [0.25, 0.3) is 5.91 Å². The van der Waals surface area contributed by atoms with Crippen LogP contribution in [0.1, 0.15) is 19.3 Å². The van der Waals surface area contributed by atoms with E-state index in [0.29, 0.717) is 68.0 Å². The number of nitro groups is 1. The van der Waals surface area contributed by atoms with Gasteiger partial charge in [-0.15, -0.1) is 0 Å². The van der Waals surface area contributed by atoms with Gasteiger partial charge in [0.15, 0.2) is 11.9 Å². The summed E-state index contributed by atoms with van der Waals surface area (Å²) in [5.74, 6) is -0.646. The fraction of sp³-hybridized carbons (Fsp3) is 0.385. The van der Waals surface area contributed by atoms with E-state index >= 15 is 0 Å². The zero-order valence-electron chi connectivity index (χ0n) is 21.3. The standard InChI is InChI=1S/C26H26ClFN6O6/c27-18-12-16(2-3-19(18)28)31-25-17-13-21(34(37)38)23(14-20(17)29-15-30-25)39-11-1-6-32-7-9-33(10-8-32)26(36)22-4-5-24(35)40-22/h2-3,12-15,22H,1,4-11H2,(H,29,30,31). The van der Waals surface area contributed by atoms with Gasteiger partial charge in [-0.25, -0.2) is 14.4 Å². The first-order chi connectivity index (χ1) is 19.3. The van der Waals surface area contributed by atoms with Crippen molar-refractivity contribution in [3.63, 3.8) is 0 Å². The second kappa shape index (κ2) is 12.0. The lowest BCUT2D eigenvalue weighted by Gasteiger charge is -2.35. The quantitative estimate of drug-likeness (QED) is 0.175. The summed E-state index contributed by atoms with van der Waals surface area (Å²) in [6, 6.07) is 6.91. The van der Waals surface area contributed by atoms with E-state index in [9.17, 15) is 24.1 Å². The molecule has 1 atom stereocenters. The molecule has 12 nitrogen and oxygen atoms in total. The highest BCUT2D eigenvalue weighted by Gasteiger charge is 2.34. The molecule has 3 heterocycles. The molecule has 1 unspecified atom stereocenters. The molecule has 0 radical (unpaired) electrons. The third kappa shape index (κ3) is 6.20. The molecule has 2 fully saturated rings. The van der Waals surface area contributed by atoms with Crippen molar-refractivity contribution in [2.75, 3.05) is 44.6 Å². The van der Waals surface area contributed by atoms with Gasteiger partial charge in [0.05, 0.1) is 27.5 Å². The summed E-state index contributed by atoms with van der Waals surface area (Å²) in [4.78, 5) is 47.4. The number of hydrogen-bond acceptors (Lipinski definition) is 10. The number of benzene rings is 2. The highest BCUT2D eigenvalue weighted by Crippen LogP contribution is 2.35. The zero-order chi connectivity index (χ0) is 28.2. The summed E-state index contributed by atoms with van der Waals surface area (Å²) in [6.45, 7) is 3.38. The Morgan fingerprint density at radius 3 is 2.73 bits per heavy atom. The van der Waals surface area contributed by atoms with E-state index in [0.717, 1.165) is 0 Å². The second-order valence-corrected chi connectivity index (χ2v) is 9.86. The number of cyclic esters (lactones) is 1. The smallest absolute Gasteiger partial charge is 0.311 e. The van der Waals surface area contributed by atoms with Crippen molar-refractivity contribution in [2.45, 2.75) is 25.4 Å². The minimum absolute atomic E-state index is 0.0724. The van der Waals surface area contributed by atoms with Gasteiger partial charge in [-0.3, -0.25) is 24.6 Å². The van der Waals surface area contributed by atoms with Crippen LogP contribution in [-0.4, -0.2) is 82.0 Å². The van der Waals surface area contributed by atoms with Gasteiger partial charge in [-0.1, -0.05) is 11.6 Å². The van der Waals surface area contributed by atoms with Crippen LogP contribution in [0.3, 0.4) is 0 Å². The number of rotatable bonds is 9. The van der Waals surface area contributed by atoms with Crippen LogP contribution < -0.4 is 10.1 Å². The molecule has 2 aliphatic heterocycles. The first-order valence-corrected chi connectivity index (χ1v) is 13.1. The minimum Gasteiger partial charge on any atom is -0.487 e. The minimum atomic E-state index is -0.663. The molecule has 3 aromatic rings. The monoisotopic (exact) mass is 572 g/mol. The molecule has 2 aliphatic rings. The number of ether oxygens (including phenoxy) is 2. The van der Waals surface area contributed by atoms with E-state index in [1.807, 2.05) is 0 Å². The Labute approximate surface area is 233 Å². The van der Waals surface area contributed by atoms with Gasteiger partial charge in [0.2, 0.25) is 0 Å². The summed E-state index contributed by atoms with van der Waals surface area (Å²) >= 11 is 5.86. The van der Waals surface area contributed by atoms with Gasteiger partial charge in [-0.2, -0.15) is 0 Å². The molecule has 1 aromatic heterocycles. The van der Waals surface area contributed by atoms with E-state index in [2.05, 4.69) is 20.2 Å². The Morgan fingerprint density at radius 1 is 1.23 bits per heavy atom. The first-order valence-electron chi connectivity index (χ1n) is 12.8. The predicted molar refractivity (Wildman–Crippen MR) is 143 cm³/mol. The fourth-order valence-electron chi connectivity index (χ4n) is 4.71. The number of fused-ring (bicyclic) bond motifs is 1. The number of nitrogens with zero attached hydrogens (tertiary/aromatic N) is 5. The molecular formula is C26H26ClFN6O6. The number of nitro benzene ring substituents is 1. The maximum absolute atomic E-state index is 13.5. The van der Waals surface area contributed by atoms with E-state index in [1.165, 1.54) is 36.7 Å². The Morgan fingerprint density at radius 2 is 2.02 bits per heavy atom. The number of nitrogens with one attached hydrogen (secondary N) is 1. The number of esters is 1. The topological polar surface area (TPSA) is 140 Å². The molecule has 1 N–H and O–H groups in total. The molecular weight excluding hydrogens is 547 g/mol. The van der Waals surface area contributed by atoms with Crippen molar-refractivity contribution in [1.29, 1.82) is 0 Å². The Bertz CT molecular complexity index is 1450. The molecule has 1 amide bonds. The Kier molecular flexibility index (Phi) is 8.21. The number of anilines is 2. The number of carbonyl (C=O) groups excluding carboxylic acids is 2. The second-order valence-electron chi connectivity index (χ2n) is 9.46. The number of hydrogen-bond donors (Lipinski definition) is 1. The lowest BCUT2D eigenvalue weighted by Crippen LogP contribution is -2.51. The highest BCUT2D eigenvalue weighted by molar-refractivity contribution is 6.31. The molecule has 5 rings (SSSR count). The number of carbonyl (C=O) groups is 2. The molecule has 0 spiro atoms. The van der Waals surface area contributed by atoms with Gasteiger partial charge in [0, 0.05) is 63.4 Å². The van der Waals surface area contributed by atoms with Crippen LogP contribution in [0.5, 0.6) is 5.75 Å². The normalized spacial score (nSPS) is 17.6. The number of halogens is 2. The van der Waals surface area contributed by atoms with Crippen molar-refractivity contribution in [3.05, 3.63) is 57.6 Å². The number of aromatic nitrogens is 2. The van der Waals surface area contributed by atoms with E-state index < -0.39 is 16.8 Å². The van der Waals surface area contributed by atoms with Crippen LogP contribution in [0, 0.1) is 15.9 Å². The molecule has 210 valence electrons. The lowest BCUT2D eigenvalue weighted by molar-refractivity contribution is -0.385. The number of amides is 1. The molecule has 0 bridgehead atoms. The lowest BCUT2D eigenvalue weighted by atomic mass is 10.2. The average molecular weight is 573 g/mol. The molecule has 14 heteroatoms. The SMILES string of the molecule is O=C1CCC(C(=O)N2CCN(CCCOc3cc4ncnc(Nc5ccc(F)c(Cl)c5)c4cc3[N+](=O)[O-])CC2)O1. The van der Waals surface area contributed by atoms with Crippen LogP contribution in [-0.2, 0) is 14.3 Å². The summed E-state index contributed by atoms with van der Waals surface area (Å²) < 4.78 is 24.4. The molecule has 2 saturated heterocycles. The highest BCUT2D eigenvalue weighted by atomic mass is 35.5. The molecule has 0 saturated carbocycles. The van der Waals surface area contributed by atoms with Gasteiger partial charge >= 0.3 is 11.7 Å².